The lowest BCUT2D eigenvalue weighted by molar-refractivity contribution is -1.09. The molecule has 1 fully saturated rings. The van der Waals surface area contributed by atoms with E-state index in [2.05, 4.69) is 72.8 Å². The van der Waals surface area contributed by atoms with Gasteiger partial charge in [-0.2, -0.15) is 0 Å². The standard InChI is InChI=1S/C30H29N3O3/c34-33(35)27-17-15-26(16-18-27)23-36-29-14-8-7-13-28(29)30-31(21-24-9-3-1-4-10-24)19-20-32(30)22-25-11-5-2-6-12-25/h1-18,30H,19-23H2/p+2. The summed E-state index contributed by atoms with van der Waals surface area (Å²) < 4.78 is 6.34. The van der Waals surface area contributed by atoms with Gasteiger partial charge in [-0.15, -0.1) is 0 Å². The van der Waals surface area contributed by atoms with Crippen LogP contribution in [0.1, 0.15) is 28.4 Å². The number of nitrogens with one attached hydrogen (secondary N) is 2. The highest BCUT2D eigenvalue weighted by Crippen LogP contribution is 2.24. The number of para-hydroxylation sites is 1. The van der Waals surface area contributed by atoms with Gasteiger partial charge < -0.3 is 4.74 Å². The van der Waals surface area contributed by atoms with Crippen LogP contribution < -0.4 is 14.5 Å². The van der Waals surface area contributed by atoms with Crippen molar-refractivity contribution in [2.45, 2.75) is 25.9 Å². The lowest BCUT2D eigenvalue weighted by Gasteiger charge is -2.26. The molecule has 0 saturated carbocycles. The number of rotatable bonds is 9. The van der Waals surface area contributed by atoms with Gasteiger partial charge in [0, 0.05) is 23.3 Å². The largest absolute Gasteiger partial charge is 0.488 e. The fourth-order valence-corrected chi connectivity index (χ4v) is 5.16. The van der Waals surface area contributed by atoms with Crippen LogP contribution in [-0.4, -0.2) is 18.0 Å². The van der Waals surface area contributed by atoms with E-state index in [1.165, 1.54) is 38.6 Å². The molecule has 0 radical (unpaired) electrons. The first-order valence-electron chi connectivity index (χ1n) is 12.4. The van der Waals surface area contributed by atoms with Crippen LogP contribution in [0.2, 0.25) is 0 Å². The van der Waals surface area contributed by atoms with Crippen molar-refractivity contribution >= 4 is 5.69 Å². The van der Waals surface area contributed by atoms with Gasteiger partial charge in [0.25, 0.3) is 5.69 Å². The van der Waals surface area contributed by atoms with Crippen LogP contribution in [-0.2, 0) is 19.7 Å². The third-order valence-electron chi connectivity index (χ3n) is 6.90. The van der Waals surface area contributed by atoms with Crippen molar-refractivity contribution in [1.82, 2.24) is 0 Å². The van der Waals surface area contributed by atoms with E-state index >= 15 is 0 Å². The Morgan fingerprint density at radius 2 is 1.22 bits per heavy atom. The van der Waals surface area contributed by atoms with Crippen LogP contribution >= 0.6 is 0 Å². The molecule has 2 atom stereocenters. The van der Waals surface area contributed by atoms with Crippen LogP contribution in [0.25, 0.3) is 0 Å². The van der Waals surface area contributed by atoms with Crippen molar-refractivity contribution in [3.63, 3.8) is 0 Å². The highest BCUT2D eigenvalue weighted by Gasteiger charge is 2.42. The molecule has 1 saturated heterocycles. The Hall–Kier alpha value is -4.00. The molecule has 4 aromatic rings. The molecule has 0 spiro atoms. The van der Waals surface area contributed by atoms with Gasteiger partial charge in [-0.1, -0.05) is 72.8 Å². The minimum absolute atomic E-state index is 0.0883. The predicted molar refractivity (Wildman–Crippen MR) is 139 cm³/mol. The molecule has 0 bridgehead atoms. The minimum atomic E-state index is -0.381. The zero-order valence-electron chi connectivity index (χ0n) is 20.2. The summed E-state index contributed by atoms with van der Waals surface area (Å²) in [6, 6.07) is 36.3. The fourth-order valence-electron chi connectivity index (χ4n) is 5.16. The number of ether oxygens (including phenoxy) is 1. The summed E-state index contributed by atoms with van der Waals surface area (Å²) in [7, 11) is 0. The first-order chi connectivity index (χ1) is 17.7. The molecule has 0 aliphatic carbocycles. The number of non-ortho nitro benzene ring substituents is 1. The van der Waals surface area contributed by atoms with Gasteiger partial charge in [-0.25, -0.2) is 0 Å². The number of nitro benzene ring substituents is 1. The van der Waals surface area contributed by atoms with Crippen LogP contribution in [0.3, 0.4) is 0 Å². The molecule has 1 aliphatic heterocycles. The highest BCUT2D eigenvalue weighted by molar-refractivity contribution is 5.36. The monoisotopic (exact) mass is 481 g/mol. The van der Waals surface area contributed by atoms with Crippen LogP contribution in [0, 0.1) is 10.1 Å². The Morgan fingerprint density at radius 3 is 1.78 bits per heavy atom. The smallest absolute Gasteiger partial charge is 0.269 e. The third-order valence-corrected chi connectivity index (χ3v) is 6.90. The van der Waals surface area contributed by atoms with E-state index in [-0.39, 0.29) is 16.8 Å². The highest BCUT2D eigenvalue weighted by atomic mass is 16.6. The number of nitro groups is 1. The van der Waals surface area contributed by atoms with E-state index < -0.39 is 0 Å². The number of benzene rings is 4. The first-order valence-corrected chi connectivity index (χ1v) is 12.4. The van der Waals surface area contributed by atoms with E-state index in [1.54, 1.807) is 12.1 Å². The maximum absolute atomic E-state index is 11.0. The van der Waals surface area contributed by atoms with Gasteiger partial charge in [-0.05, 0) is 29.8 Å². The average molecular weight is 482 g/mol. The SMILES string of the molecule is O=[N+]([O-])c1ccc(COc2ccccc2C2[NH+](Cc3ccccc3)CC[NH+]2Cc2ccccc2)cc1. The summed E-state index contributed by atoms with van der Waals surface area (Å²) >= 11 is 0. The first kappa shape index (κ1) is 23.7. The summed E-state index contributed by atoms with van der Waals surface area (Å²) in [6.45, 7) is 4.45. The molecule has 2 unspecified atom stereocenters. The molecule has 36 heavy (non-hydrogen) atoms. The maximum Gasteiger partial charge on any atom is 0.269 e. The Morgan fingerprint density at radius 1 is 0.694 bits per heavy atom. The number of quaternary nitrogens is 2. The van der Waals surface area contributed by atoms with Gasteiger partial charge in [0.05, 0.1) is 4.92 Å². The summed E-state index contributed by atoms with van der Waals surface area (Å²) in [5, 5.41) is 11.0. The van der Waals surface area contributed by atoms with Crippen molar-refractivity contribution in [1.29, 1.82) is 0 Å². The lowest BCUT2D eigenvalue weighted by Crippen LogP contribution is -3.22. The molecule has 6 nitrogen and oxygen atoms in total. The van der Waals surface area contributed by atoms with Crippen molar-refractivity contribution in [2.24, 2.45) is 0 Å². The topological polar surface area (TPSA) is 61.2 Å². The van der Waals surface area contributed by atoms with E-state index in [0.717, 1.165) is 37.5 Å². The quantitative estimate of drug-likeness (QED) is 0.285. The molecule has 182 valence electrons. The summed E-state index contributed by atoms with van der Waals surface area (Å²) in [4.78, 5) is 13.6. The zero-order chi connectivity index (χ0) is 24.7. The molecule has 1 heterocycles. The van der Waals surface area contributed by atoms with E-state index in [9.17, 15) is 10.1 Å². The second kappa shape index (κ2) is 11.2. The Kier molecular flexibility index (Phi) is 7.36. The summed E-state index contributed by atoms with van der Waals surface area (Å²) in [5.41, 5.74) is 4.87. The van der Waals surface area contributed by atoms with Gasteiger partial charge in [0.2, 0.25) is 6.17 Å². The molecule has 0 aromatic heterocycles. The van der Waals surface area contributed by atoms with Gasteiger partial charge in [0.15, 0.2) is 0 Å². The van der Waals surface area contributed by atoms with E-state index in [0.29, 0.717) is 6.61 Å². The van der Waals surface area contributed by atoms with E-state index in [1.807, 2.05) is 12.1 Å². The second-order valence-corrected chi connectivity index (χ2v) is 9.32. The molecule has 1 aliphatic rings. The molecule has 6 heteroatoms. The summed E-state index contributed by atoms with van der Waals surface area (Å²) in [6.07, 6.45) is 0.235. The molecule has 5 rings (SSSR count). The number of hydrogen-bond donors (Lipinski definition) is 2. The van der Waals surface area contributed by atoms with Gasteiger partial charge in [0.1, 0.15) is 44.1 Å². The van der Waals surface area contributed by atoms with Crippen molar-refractivity contribution in [2.75, 3.05) is 13.1 Å². The lowest BCUT2D eigenvalue weighted by atomic mass is 10.1. The minimum Gasteiger partial charge on any atom is -0.488 e. The Balaban J connectivity index is 1.41. The second-order valence-electron chi connectivity index (χ2n) is 9.32. The van der Waals surface area contributed by atoms with Gasteiger partial charge >= 0.3 is 0 Å². The number of nitrogens with zero attached hydrogens (tertiary/aromatic N) is 1. The Labute approximate surface area is 211 Å². The van der Waals surface area contributed by atoms with Crippen molar-refractivity contribution < 1.29 is 19.5 Å². The van der Waals surface area contributed by atoms with Crippen LogP contribution in [0.4, 0.5) is 5.69 Å². The van der Waals surface area contributed by atoms with Crippen LogP contribution in [0.5, 0.6) is 5.75 Å². The van der Waals surface area contributed by atoms with Gasteiger partial charge in [-0.3, -0.25) is 19.9 Å². The van der Waals surface area contributed by atoms with E-state index in [4.69, 9.17) is 4.74 Å². The average Bonchev–Trinajstić information content (AvgIpc) is 3.30. The molecular formula is C30H31N3O3+2. The normalized spacial score (nSPS) is 19.2. The van der Waals surface area contributed by atoms with Crippen LogP contribution in [0.15, 0.2) is 109 Å². The molecule has 2 N–H and O–H groups in total. The molecular weight excluding hydrogens is 450 g/mol. The number of hydrogen-bond acceptors (Lipinski definition) is 3. The Bertz CT molecular complexity index is 1230. The molecule has 4 aromatic carbocycles. The van der Waals surface area contributed by atoms with Crippen molar-refractivity contribution in [3.8, 4) is 5.75 Å². The fraction of sp³-hybridized carbons (Fsp3) is 0.200. The maximum atomic E-state index is 11.0. The summed E-state index contributed by atoms with van der Waals surface area (Å²) in [5.74, 6) is 0.874. The predicted octanol–water partition coefficient (Wildman–Crippen LogP) is 3.36. The zero-order valence-corrected chi connectivity index (χ0v) is 20.2. The molecule has 0 amide bonds. The van der Waals surface area contributed by atoms with Crippen molar-refractivity contribution in [3.05, 3.63) is 142 Å². The third kappa shape index (κ3) is 5.62.